The van der Waals surface area contributed by atoms with Crippen LogP contribution in [0, 0.1) is 0 Å². The molecule has 0 spiro atoms. The molecule has 61 heavy (non-hydrogen) atoms. The molecule has 9 heteroatoms. The van der Waals surface area contributed by atoms with E-state index in [0.717, 1.165) is 44.9 Å². The first kappa shape index (κ1) is 60.2. The molecule has 0 amide bonds. The van der Waals surface area contributed by atoms with Crippen LogP contribution in [0.2, 0.25) is 0 Å². The summed E-state index contributed by atoms with van der Waals surface area (Å²) in [6, 6.07) is 0. The number of allylic oxidation sites excluding steroid dienone is 2. The van der Waals surface area contributed by atoms with E-state index >= 15 is 0 Å². The summed E-state index contributed by atoms with van der Waals surface area (Å²) in [5.41, 5.74) is 0. The molecule has 2 atom stereocenters. The average Bonchev–Trinajstić information content (AvgIpc) is 3.22. The Bertz CT molecular complexity index is 987. The maximum Gasteiger partial charge on any atom is 0.306 e. The first-order valence-electron chi connectivity index (χ1n) is 26.4. The number of nitrogens with zero attached hydrogens (tertiary/aromatic N) is 1. The van der Waals surface area contributed by atoms with E-state index in [4.69, 9.17) is 18.5 Å². The fourth-order valence-corrected chi connectivity index (χ4v) is 8.45. The van der Waals surface area contributed by atoms with E-state index in [2.05, 4.69) is 26.0 Å². The van der Waals surface area contributed by atoms with Crippen LogP contribution in [0.15, 0.2) is 12.2 Å². The Balaban J connectivity index is 4.06. The fraction of sp³-hybridized carbons (Fsp3) is 0.942. The lowest BCUT2D eigenvalue weighted by Gasteiger charge is -2.28. The standard InChI is InChI=1S/C52H104NO7P/c1-6-8-10-12-14-16-18-20-22-24-25-26-27-28-29-30-32-34-36-38-40-42-44-47-57-49-51(50-59-61(55,56)58-48-46-53(3,4)5)60-52(54)45-43-41-39-37-35-33-31-23-21-19-17-15-13-11-9-7-2/h23,31,51H,6-22,24-30,32-50H2,1-5H3/b31-23-. The third-order valence-electron chi connectivity index (χ3n) is 11.8. The molecule has 8 nitrogen and oxygen atoms in total. The lowest BCUT2D eigenvalue weighted by atomic mass is 10.0. The molecule has 0 rings (SSSR count). The molecule has 0 aromatic heterocycles. The van der Waals surface area contributed by atoms with Crippen molar-refractivity contribution in [3.05, 3.63) is 12.2 Å². The van der Waals surface area contributed by atoms with Gasteiger partial charge in [0, 0.05) is 13.0 Å². The highest BCUT2D eigenvalue weighted by Gasteiger charge is 2.20. The van der Waals surface area contributed by atoms with Gasteiger partial charge in [-0.1, -0.05) is 225 Å². The maximum absolute atomic E-state index is 12.7. The highest BCUT2D eigenvalue weighted by atomic mass is 31.2. The molecule has 0 aromatic carbocycles. The van der Waals surface area contributed by atoms with Crippen molar-refractivity contribution in [1.82, 2.24) is 0 Å². The number of unbranched alkanes of at least 4 members (excludes halogenated alkanes) is 34. The van der Waals surface area contributed by atoms with Gasteiger partial charge in [0.15, 0.2) is 0 Å². The summed E-state index contributed by atoms with van der Waals surface area (Å²) in [6.45, 7) is 5.46. The lowest BCUT2D eigenvalue weighted by molar-refractivity contribution is -0.870. The van der Waals surface area contributed by atoms with Crippen LogP contribution in [-0.4, -0.2) is 70.7 Å². The lowest BCUT2D eigenvalue weighted by Crippen LogP contribution is -2.37. The first-order chi connectivity index (χ1) is 29.6. The van der Waals surface area contributed by atoms with E-state index in [1.165, 1.54) is 193 Å². The van der Waals surface area contributed by atoms with Crippen LogP contribution in [0.3, 0.4) is 0 Å². The SMILES string of the molecule is CCCCCCCCC/C=C\CCCCCCCC(=O)OC(COCCCCCCCCCCCCCCCCCCCCCCCCC)COP(=O)([O-])OCC[N+](C)(C)C. The molecule has 364 valence electrons. The van der Waals surface area contributed by atoms with Crippen molar-refractivity contribution in [2.75, 3.05) is 54.1 Å². The number of hydrogen-bond acceptors (Lipinski definition) is 7. The second-order valence-corrected chi connectivity index (χ2v) is 20.7. The predicted octanol–water partition coefficient (Wildman–Crippen LogP) is 15.5. The molecule has 0 aromatic rings. The molecule has 0 saturated heterocycles. The number of quaternary nitrogens is 1. The summed E-state index contributed by atoms with van der Waals surface area (Å²) >= 11 is 0. The summed E-state index contributed by atoms with van der Waals surface area (Å²) in [7, 11) is 1.37. The van der Waals surface area contributed by atoms with Crippen molar-refractivity contribution in [3.63, 3.8) is 0 Å². The van der Waals surface area contributed by atoms with Crippen LogP contribution in [0.5, 0.6) is 0 Å². The fourth-order valence-electron chi connectivity index (χ4n) is 7.72. The summed E-state index contributed by atoms with van der Waals surface area (Å²) in [4.78, 5) is 25.2. The Kier molecular flexibility index (Phi) is 45.2. The highest BCUT2D eigenvalue weighted by Crippen LogP contribution is 2.38. The van der Waals surface area contributed by atoms with Crippen LogP contribution in [0.25, 0.3) is 0 Å². The molecule has 0 fully saturated rings. The van der Waals surface area contributed by atoms with Crippen LogP contribution >= 0.6 is 7.82 Å². The van der Waals surface area contributed by atoms with Gasteiger partial charge in [-0.15, -0.1) is 0 Å². The summed E-state index contributed by atoms with van der Waals surface area (Å²) in [5.74, 6) is -0.336. The summed E-state index contributed by atoms with van der Waals surface area (Å²) < 4.78 is 34.8. The van der Waals surface area contributed by atoms with Gasteiger partial charge in [0.1, 0.15) is 19.3 Å². The zero-order chi connectivity index (χ0) is 44.8. The number of rotatable bonds is 50. The van der Waals surface area contributed by atoms with Gasteiger partial charge in [-0.3, -0.25) is 9.36 Å². The second kappa shape index (κ2) is 45.8. The molecule has 0 aliphatic heterocycles. The van der Waals surface area contributed by atoms with Crippen molar-refractivity contribution >= 4 is 13.8 Å². The van der Waals surface area contributed by atoms with Crippen LogP contribution in [-0.2, 0) is 27.9 Å². The molecule has 0 heterocycles. The van der Waals surface area contributed by atoms with Crippen molar-refractivity contribution < 1.29 is 37.3 Å². The number of likely N-dealkylation sites (N-methyl/N-ethyl adjacent to an activating group) is 1. The molecule has 0 aliphatic rings. The average molecular weight is 886 g/mol. The molecule has 0 N–H and O–H groups in total. The molecule has 0 bridgehead atoms. The third kappa shape index (κ3) is 50.1. The van der Waals surface area contributed by atoms with Gasteiger partial charge in [0.05, 0.1) is 34.4 Å². The number of carbonyl (C=O) groups excluding carboxylic acids is 1. The minimum Gasteiger partial charge on any atom is -0.756 e. The Hall–Kier alpha value is -0.760. The van der Waals surface area contributed by atoms with E-state index in [0.29, 0.717) is 24.1 Å². The number of phosphoric acid groups is 1. The maximum atomic E-state index is 12.7. The summed E-state index contributed by atoms with van der Waals surface area (Å²) in [6.07, 6.45) is 52.4. The first-order valence-corrected chi connectivity index (χ1v) is 27.9. The number of esters is 1. The van der Waals surface area contributed by atoms with Crippen molar-refractivity contribution in [2.45, 2.75) is 264 Å². The van der Waals surface area contributed by atoms with Crippen molar-refractivity contribution in [2.24, 2.45) is 0 Å². The van der Waals surface area contributed by atoms with E-state index in [1.54, 1.807) is 0 Å². The van der Waals surface area contributed by atoms with E-state index in [9.17, 15) is 14.3 Å². The van der Waals surface area contributed by atoms with Gasteiger partial charge in [0.2, 0.25) is 0 Å². The molecule has 0 radical (unpaired) electrons. The minimum atomic E-state index is -4.53. The van der Waals surface area contributed by atoms with Gasteiger partial charge in [-0.05, 0) is 38.5 Å². The van der Waals surface area contributed by atoms with Gasteiger partial charge in [-0.25, -0.2) is 0 Å². The van der Waals surface area contributed by atoms with Gasteiger partial charge >= 0.3 is 5.97 Å². The molecule has 0 aliphatic carbocycles. The minimum absolute atomic E-state index is 0.0281. The van der Waals surface area contributed by atoms with Crippen molar-refractivity contribution in [3.8, 4) is 0 Å². The van der Waals surface area contributed by atoms with Crippen molar-refractivity contribution in [1.29, 1.82) is 0 Å². The zero-order valence-electron chi connectivity index (χ0n) is 41.4. The Morgan fingerprint density at radius 1 is 0.492 bits per heavy atom. The van der Waals surface area contributed by atoms with Gasteiger partial charge in [0.25, 0.3) is 7.82 Å². The third-order valence-corrected chi connectivity index (χ3v) is 12.8. The quantitative estimate of drug-likeness (QED) is 0.0197. The van der Waals surface area contributed by atoms with E-state index in [1.807, 2.05) is 21.1 Å². The van der Waals surface area contributed by atoms with Gasteiger partial charge in [-0.2, -0.15) is 0 Å². The smallest absolute Gasteiger partial charge is 0.306 e. The number of hydrogen-bond donors (Lipinski definition) is 0. The van der Waals surface area contributed by atoms with Gasteiger partial charge < -0.3 is 27.9 Å². The summed E-state index contributed by atoms with van der Waals surface area (Å²) in [5, 5.41) is 0. The highest BCUT2D eigenvalue weighted by molar-refractivity contribution is 7.45. The largest absolute Gasteiger partial charge is 0.756 e. The monoisotopic (exact) mass is 886 g/mol. The number of phosphoric ester groups is 1. The second-order valence-electron chi connectivity index (χ2n) is 19.2. The molecular formula is C52H104NO7P. The van der Waals surface area contributed by atoms with E-state index in [-0.39, 0.29) is 25.8 Å². The Morgan fingerprint density at radius 2 is 0.852 bits per heavy atom. The molecular weight excluding hydrogens is 782 g/mol. The number of ether oxygens (including phenoxy) is 2. The molecule has 2 unspecified atom stereocenters. The zero-order valence-corrected chi connectivity index (χ0v) is 42.3. The predicted molar refractivity (Wildman–Crippen MR) is 259 cm³/mol. The molecule has 0 saturated carbocycles. The van der Waals surface area contributed by atoms with Crippen LogP contribution in [0.1, 0.15) is 258 Å². The normalized spacial score (nSPS) is 13.6. The number of carbonyl (C=O) groups is 1. The van der Waals surface area contributed by atoms with E-state index < -0.39 is 13.9 Å². The Morgan fingerprint density at radius 3 is 1.25 bits per heavy atom. The van der Waals surface area contributed by atoms with Crippen LogP contribution < -0.4 is 4.89 Å². The topological polar surface area (TPSA) is 94.1 Å². The Labute approximate surface area is 380 Å². The van der Waals surface area contributed by atoms with Crippen LogP contribution in [0.4, 0.5) is 0 Å².